The summed E-state index contributed by atoms with van der Waals surface area (Å²) in [4.78, 5) is 27.1. The van der Waals surface area contributed by atoms with E-state index in [1.165, 1.54) is 6.26 Å². The summed E-state index contributed by atoms with van der Waals surface area (Å²) in [5.41, 5.74) is 1.03. The zero-order valence-electron chi connectivity index (χ0n) is 15.8. The molecule has 148 valence electrons. The summed E-state index contributed by atoms with van der Waals surface area (Å²) in [6, 6.07) is 13.2. The van der Waals surface area contributed by atoms with Crippen molar-refractivity contribution in [2.24, 2.45) is 11.8 Å². The number of fused-ring (bicyclic) bond motifs is 2. The second-order valence-corrected chi connectivity index (χ2v) is 7.63. The van der Waals surface area contributed by atoms with E-state index in [1.807, 2.05) is 39.8 Å². The SMILES string of the molecule is O=C(NCc1ccccc1)c1nnc2n1C[C@@H]1CN(C(=O)c3ccco3)C[C@@H]1C2. The zero-order valence-corrected chi connectivity index (χ0v) is 15.8. The number of carbonyl (C=O) groups is 2. The van der Waals surface area contributed by atoms with Crippen LogP contribution in [0.3, 0.4) is 0 Å². The third-order valence-electron chi connectivity index (χ3n) is 5.78. The number of carbonyl (C=O) groups excluding carboxylic acids is 2. The molecule has 0 radical (unpaired) electrons. The first kappa shape index (κ1) is 17.7. The zero-order chi connectivity index (χ0) is 19.8. The van der Waals surface area contributed by atoms with Gasteiger partial charge in [0.1, 0.15) is 5.82 Å². The topological polar surface area (TPSA) is 93.3 Å². The number of hydrogen-bond acceptors (Lipinski definition) is 5. The highest BCUT2D eigenvalue weighted by Gasteiger charge is 2.41. The number of nitrogens with zero attached hydrogens (tertiary/aromatic N) is 4. The third-order valence-corrected chi connectivity index (χ3v) is 5.78. The van der Waals surface area contributed by atoms with Crippen molar-refractivity contribution in [2.75, 3.05) is 13.1 Å². The van der Waals surface area contributed by atoms with E-state index >= 15 is 0 Å². The molecule has 3 aromatic rings. The van der Waals surface area contributed by atoms with Crippen molar-refractivity contribution in [3.63, 3.8) is 0 Å². The molecule has 0 aliphatic carbocycles. The molecule has 5 rings (SSSR count). The quantitative estimate of drug-likeness (QED) is 0.731. The Bertz CT molecular complexity index is 1030. The number of rotatable bonds is 4. The van der Waals surface area contributed by atoms with Crippen LogP contribution < -0.4 is 5.32 Å². The van der Waals surface area contributed by atoms with Gasteiger partial charge in [-0.25, -0.2) is 0 Å². The Hall–Kier alpha value is -3.42. The number of benzene rings is 1. The minimum atomic E-state index is -0.229. The molecular weight excluding hydrogens is 370 g/mol. The van der Waals surface area contributed by atoms with Crippen molar-refractivity contribution in [3.8, 4) is 0 Å². The molecule has 1 saturated heterocycles. The van der Waals surface area contributed by atoms with E-state index in [-0.39, 0.29) is 17.7 Å². The molecular formula is C21H21N5O3. The van der Waals surface area contributed by atoms with Gasteiger partial charge in [0.15, 0.2) is 5.76 Å². The van der Waals surface area contributed by atoms with Crippen LogP contribution >= 0.6 is 0 Å². The minimum Gasteiger partial charge on any atom is -0.459 e. The fourth-order valence-electron chi connectivity index (χ4n) is 4.27. The highest BCUT2D eigenvalue weighted by Crippen LogP contribution is 2.33. The van der Waals surface area contributed by atoms with Crippen molar-refractivity contribution < 1.29 is 14.0 Å². The van der Waals surface area contributed by atoms with E-state index in [0.717, 1.165) is 11.4 Å². The normalized spacial score (nSPS) is 20.2. The van der Waals surface area contributed by atoms with Crippen LogP contribution in [0.25, 0.3) is 0 Å². The van der Waals surface area contributed by atoms with Crippen LogP contribution in [0.4, 0.5) is 0 Å². The van der Waals surface area contributed by atoms with Crippen LogP contribution in [-0.4, -0.2) is 44.6 Å². The summed E-state index contributed by atoms with van der Waals surface area (Å²) in [5, 5.41) is 11.3. The lowest BCUT2D eigenvalue weighted by molar-refractivity contribution is 0.0751. The van der Waals surface area contributed by atoms with Crippen LogP contribution in [0.15, 0.2) is 53.1 Å². The Morgan fingerprint density at radius 3 is 2.66 bits per heavy atom. The van der Waals surface area contributed by atoms with Gasteiger partial charge in [0, 0.05) is 32.6 Å². The van der Waals surface area contributed by atoms with Crippen molar-refractivity contribution >= 4 is 11.8 Å². The van der Waals surface area contributed by atoms with Gasteiger partial charge in [0.2, 0.25) is 5.82 Å². The van der Waals surface area contributed by atoms with Gasteiger partial charge in [0.05, 0.1) is 6.26 Å². The molecule has 2 amide bonds. The van der Waals surface area contributed by atoms with E-state index < -0.39 is 0 Å². The third kappa shape index (κ3) is 3.30. The summed E-state index contributed by atoms with van der Waals surface area (Å²) < 4.78 is 7.16. The monoisotopic (exact) mass is 391 g/mol. The van der Waals surface area contributed by atoms with Gasteiger partial charge >= 0.3 is 0 Å². The largest absolute Gasteiger partial charge is 0.459 e. The van der Waals surface area contributed by atoms with Crippen molar-refractivity contribution in [1.82, 2.24) is 25.0 Å². The van der Waals surface area contributed by atoms with Gasteiger partial charge in [-0.1, -0.05) is 30.3 Å². The summed E-state index contributed by atoms with van der Waals surface area (Å²) >= 11 is 0. The van der Waals surface area contributed by atoms with Crippen molar-refractivity contribution in [3.05, 3.63) is 71.7 Å². The van der Waals surface area contributed by atoms with E-state index in [4.69, 9.17) is 4.42 Å². The van der Waals surface area contributed by atoms with Gasteiger partial charge in [-0.2, -0.15) is 0 Å². The molecule has 8 heteroatoms. The molecule has 1 N–H and O–H groups in total. The molecule has 2 aliphatic rings. The first-order valence-corrected chi connectivity index (χ1v) is 9.76. The molecule has 1 fully saturated rings. The molecule has 8 nitrogen and oxygen atoms in total. The predicted octanol–water partition coefficient (Wildman–Crippen LogP) is 1.75. The van der Waals surface area contributed by atoms with E-state index in [2.05, 4.69) is 15.5 Å². The number of aromatic nitrogens is 3. The molecule has 2 aliphatic heterocycles. The summed E-state index contributed by atoms with van der Waals surface area (Å²) in [5.74, 6) is 1.80. The van der Waals surface area contributed by atoms with E-state index in [9.17, 15) is 9.59 Å². The van der Waals surface area contributed by atoms with Crippen LogP contribution in [0.1, 0.15) is 32.6 Å². The highest BCUT2D eigenvalue weighted by molar-refractivity contribution is 5.92. The lowest BCUT2D eigenvalue weighted by Gasteiger charge is -2.25. The maximum Gasteiger partial charge on any atom is 0.289 e. The van der Waals surface area contributed by atoms with Crippen LogP contribution in [-0.2, 0) is 19.5 Å². The molecule has 1 aromatic carbocycles. The summed E-state index contributed by atoms with van der Waals surface area (Å²) in [7, 11) is 0. The van der Waals surface area contributed by atoms with E-state index in [0.29, 0.717) is 50.1 Å². The predicted molar refractivity (Wildman–Crippen MR) is 103 cm³/mol. The standard InChI is InChI=1S/C21H21N5O3/c27-20(22-10-14-5-2-1-3-6-14)19-24-23-18-9-15-11-25(12-16(15)13-26(18)19)21(28)17-7-4-8-29-17/h1-8,15-16H,9-13H2,(H,22,27)/t15-,16-/m0/s1. The Kier molecular flexibility index (Phi) is 4.38. The van der Waals surface area contributed by atoms with Crippen LogP contribution in [0.2, 0.25) is 0 Å². The Morgan fingerprint density at radius 2 is 1.86 bits per heavy atom. The van der Waals surface area contributed by atoms with E-state index in [1.54, 1.807) is 12.1 Å². The molecule has 2 aromatic heterocycles. The number of hydrogen-bond donors (Lipinski definition) is 1. The number of amides is 2. The van der Waals surface area contributed by atoms with Crippen molar-refractivity contribution in [1.29, 1.82) is 0 Å². The molecule has 0 unspecified atom stereocenters. The number of likely N-dealkylation sites (tertiary alicyclic amines) is 1. The highest BCUT2D eigenvalue weighted by atomic mass is 16.3. The molecule has 2 atom stereocenters. The maximum absolute atomic E-state index is 12.7. The maximum atomic E-state index is 12.7. The first-order valence-electron chi connectivity index (χ1n) is 9.76. The van der Waals surface area contributed by atoms with Gasteiger partial charge in [0.25, 0.3) is 11.8 Å². The fourth-order valence-corrected chi connectivity index (χ4v) is 4.27. The Labute approximate surface area is 167 Å². The van der Waals surface area contributed by atoms with Crippen LogP contribution in [0, 0.1) is 11.8 Å². The summed E-state index contributed by atoms with van der Waals surface area (Å²) in [6.45, 7) is 2.40. The second-order valence-electron chi connectivity index (χ2n) is 7.63. The van der Waals surface area contributed by atoms with Crippen molar-refractivity contribution in [2.45, 2.75) is 19.5 Å². The lowest BCUT2D eigenvalue weighted by atomic mass is 9.89. The molecule has 0 saturated carbocycles. The van der Waals surface area contributed by atoms with Gasteiger partial charge in [-0.15, -0.1) is 10.2 Å². The van der Waals surface area contributed by atoms with Crippen LogP contribution in [0.5, 0.6) is 0 Å². The smallest absolute Gasteiger partial charge is 0.289 e. The molecule has 4 heterocycles. The van der Waals surface area contributed by atoms with Gasteiger partial charge in [-0.3, -0.25) is 9.59 Å². The Balaban J connectivity index is 1.27. The average molecular weight is 391 g/mol. The molecule has 0 bridgehead atoms. The number of nitrogens with one attached hydrogen (secondary N) is 1. The number of furan rings is 1. The molecule has 29 heavy (non-hydrogen) atoms. The second kappa shape index (κ2) is 7.20. The first-order chi connectivity index (χ1) is 14.2. The average Bonchev–Trinajstić information content (AvgIpc) is 3.49. The van der Waals surface area contributed by atoms with Gasteiger partial charge < -0.3 is 19.2 Å². The Morgan fingerprint density at radius 1 is 1.03 bits per heavy atom. The molecule has 0 spiro atoms. The fraction of sp³-hybridized carbons (Fsp3) is 0.333. The summed E-state index contributed by atoms with van der Waals surface area (Å²) in [6.07, 6.45) is 2.23. The van der Waals surface area contributed by atoms with Gasteiger partial charge in [-0.05, 0) is 29.5 Å². The lowest BCUT2D eigenvalue weighted by Crippen LogP contribution is -2.33. The minimum absolute atomic E-state index is 0.0824.